The Labute approximate surface area is 129 Å². The van der Waals surface area contributed by atoms with Gasteiger partial charge < -0.3 is 5.11 Å². The second-order valence-electron chi connectivity index (χ2n) is 4.16. The van der Waals surface area contributed by atoms with E-state index in [1.54, 1.807) is 17.5 Å². The number of nitrogens with one attached hydrogen (secondary N) is 1. The molecule has 0 spiro atoms. The van der Waals surface area contributed by atoms with Gasteiger partial charge in [-0.3, -0.25) is 10.1 Å². The first-order valence-corrected chi connectivity index (χ1v) is 7.15. The molecular weight excluding hydrogens is 312 g/mol. The molecule has 0 radical (unpaired) electrons. The van der Waals surface area contributed by atoms with E-state index in [2.05, 4.69) is 10.3 Å². The van der Waals surface area contributed by atoms with Crippen LogP contribution in [0.4, 0.5) is 5.13 Å². The molecule has 0 saturated carbocycles. The maximum Gasteiger partial charge on any atom is 0.328 e. The lowest BCUT2D eigenvalue weighted by atomic mass is 10.2. The van der Waals surface area contributed by atoms with Gasteiger partial charge in [-0.2, -0.15) is 0 Å². The molecule has 21 heavy (non-hydrogen) atoms. The van der Waals surface area contributed by atoms with Crippen molar-refractivity contribution in [3.63, 3.8) is 0 Å². The number of amides is 1. The van der Waals surface area contributed by atoms with Crippen LogP contribution in [0.15, 0.2) is 41.3 Å². The molecule has 2 rings (SSSR count). The van der Waals surface area contributed by atoms with Crippen LogP contribution in [-0.2, 0) is 9.59 Å². The quantitative estimate of drug-likeness (QED) is 0.845. The van der Waals surface area contributed by atoms with Gasteiger partial charge in [0.1, 0.15) is 0 Å². The van der Waals surface area contributed by atoms with Gasteiger partial charge in [0, 0.05) is 27.6 Å². The Balaban J connectivity index is 2.12. The summed E-state index contributed by atoms with van der Waals surface area (Å²) >= 11 is 7.08. The van der Waals surface area contributed by atoms with Crippen LogP contribution in [0.25, 0.3) is 11.3 Å². The second kappa shape index (κ2) is 6.51. The maximum atomic E-state index is 11.7. The van der Waals surface area contributed by atoms with Crippen molar-refractivity contribution in [1.29, 1.82) is 0 Å². The summed E-state index contributed by atoms with van der Waals surface area (Å²) in [5.74, 6) is -1.65. The highest BCUT2D eigenvalue weighted by atomic mass is 35.5. The molecule has 0 atom stereocenters. The highest BCUT2D eigenvalue weighted by molar-refractivity contribution is 7.14. The van der Waals surface area contributed by atoms with Crippen molar-refractivity contribution in [2.24, 2.45) is 0 Å². The van der Waals surface area contributed by atoms with E-state index in [1.165, 1.54) is 18.3 Å². The van der Waals surface area contributed by atoms with E-state index in [9.17, 15) is 9.59 Å². The molecule has 108 valence electrons. The van der Waals surface area contributed by atoms with Crippen molar-refractivity contribution >= 4 is 39.9 Å². The van der Waals surface area contributed by atoms with Crippen LogP contribution >= 0.6 is 22.9 Å². The largest absolute Gasteiger partial charge is 0.478 e. The SMILES string of the molecule is C/C(=C\C(=O)O)C(=O)Nc1nc(-c2ccc(Cl)cc2)cs1. The molecule has 1 aromatic heterocycles. The van der Waals surface area contributed by atoms with E-state index in [0.29, 0.717) is 15.8 Å². The fourth-order valence-corrected chi connectivity index (χ4v) is 2.37. The van der Waals surface area contributed by atoms with Gasteiger partial charge in [0.25, 0.3) is 5.91 Å². The maximum absolute atomic E-state index is 11.7. The van der Waals surface area contributed by atoms with Crippen molar-refractivity contribution in [1.82, 2.24) is 4.98 Å². The number of aliphatic carboxylic acids is 1. The molecule has 1 amide bonds. The number of carboxylic acids is 1. The summed E-state index contributed by atoms with van der Waals surface area (Å²) in [7, 11) is 0. The van der Waals surface area contributed by atoms with Gasteiger partial charge in [0.15, 0.2) is 5.13 Å². The summed E-state index contributed by atoms with van der Waals surface area (Å²) in [5.41, 5.74) is 1.70. The summed E-state index contributed by atoms with van der Waals surface area (Å²) < 4.78 is 0. The summed E-state index contributed by atoms with van der Waals surface area (Å²) in [4.78, 5) is 26.5. The number of carbonyl (C=O) groups excluding carboxylic acids is 1. The molecular formula is C14H11ClN2O3S. The molecule has 0 fully saturated rings. The summed E-state index contributed by atoms with van der Waals surface area (Å²) in [5, 5.41) is 14.0. The molecule has 7 heteroatoms. The third-order valence-corrected chi connectivity index (χ3v) is 3.57. The Morgan fingerprint density at radius 1 is 1.33 bits per heavy atom. The third-order valence-electron chi connectivity index (χ3n) is 2.56. The van der Waals surface area contributed by atoms with Gasteiger partial charge in [0.2, 0.25) is 0 Å². The van der Waals surface area contributed by atoms with Gasteiger partial charge in [-0.05, 0) is 19.1 Å². The third kappa shape index (κ3) is 4.14. The summed E-state index contributed by atoms with van der Waals surface area (Å²) in [6.07, 6.45) is 0.850. The van der Waals surface area contributed by atoms with E-state index in [0.717, 1.165) is 11.6 Å². The van der Waals surface area contributed by atoms with Crippen LogP contribution in [0, 0.1) is 0 Å². The number of nitrogens with zero attached hydrogens (tertiary/aromatic N) is 1. The Morgan fingerprint density at radius 2 is 2.00 bits per heavy atom. The molecule has 0 aliphatic rings. The van der Waals surface area contributed by atoms with E-state index < -0.39 is 11.9 Å². The molecule has 1 aromatic carbocycles. The van der Waals surface area contributed by atoms with Gasteiger partial charge >= 0.3 is 5.97 Å². The number of thiazole rings is 1. The standard InChI is InChI=1S/C14H11ClN2O3S/c1-8(6-12(18)19)13(20)17-14-16-11(7-21-14)9-2-4-10(15)5-3-9/h2-7H,1H3,(H,18,19)(H,16,17,20)/b8-6+. The molecule has 0 unspecified atom stereocenters. The molecule has 0 aliphatic carbocycles. The summed E-state index contributed by atoms with van der Waals surface area (Å²) in [6, 6.07) is 7.18. The summed E-state index contributed by atoms with van der Waals surface area (Å²) in [6.45, 7) is 1.43. The molecule has 2 aromatic rings. The van der Waals surface area contributed by atoms with Crippen LogP contribution in [0.2, 0.25) is 5.02 Å². The van der Waals surface area contributed by atoms with Gasteiger partial charge in [-0.25, -0.2) is 9.78 Å². The first kappa shape index (κ1) is 15.2. The lowest BCUT2D eigenvalue weighted by Crippen LogP contribution is -2.13. The van der Waals surface area contributed by atoms with Crippen molar-refractivity contribution in [2.75, 3.05) is 5.32 Å². The molecule has 5 nitrogen and oxygen atoms in total. The Morgan fingerprint density at radius 3 is 2.62 bits per heavy atom. The van der Waals surface area contributed by atoms with Gasteiger partial charge in [-0.15, -0.1) is 11.3 Å². The fourth-order valence-electron chi connectivity index (χ4n) is 1.53. The zero-order chi connectivity index (χ0) is 15.4. The van der Waals surface area contributed by atoms with Crippen molar-refractivity contribution < 1.29 is 14.7 Å². The minimum Gasteiger partial charge on any atom is -0.478 e. The average molecular weight is 323 g/mol. The first-order valence-electron chi connectivity index (χ1n) is 5.90. The number of aromatic nitrogens is 1. The van der Waals surface area contributed by atoms with Crippen LogP contribution in [0.1, 0.15) is 6.92 Å². The van der Waals surface area contributed by atoms with Crippen LogP contribution in [0.5, 0.6) is 0 Å². The van der Waals surface area contributed by atoms with Crippen molar-refractivity contribution in [2.45, 2.75) is 6.92 Å². The minimum atomic E-state index is -1.16. The zero-order valence-corrected chi connectivity index (χ0v) is 12.5. The Hall–Kier alpha value is -2.18. The normalized spacial score (nSPS) is 11.2. The lowest BCUT2D eigenvalue weighted by Gasteiger charge is -2.00. The van der Waals surface area contributed by atoms with Crippen LogP contribution in [0.3, 0.4) is 0 Å². The second-order valence-corrected chi connectivity index (χ2v) is 5.46. The van der Waals surface area contributed by atoms with Gasteiger partial charge in [-0.1, -0.05) is 23.7 Å². The number of carboxylic acid groups (broad SMARTS) is 1. The van der Waals surface area contributed by atoms with E-state index in [1.807, 2.05) is 12.1 Å². The molecule has 0 saturated heterocycles. The first-order chi connectivity index (χ1) is 9.95. The predicted octanol–water partition coefficient (Wildman–Crippen LogP) is 3.43. The number of anilines is 1. The highest BCUT2D eigenvalue weighted by Gasteiger charge is 2.10. The predicted molar refractivity (Wildman–Crippen MR) is 82.6 cm³/mol. The number of halogens is 1. The number of rotatable bonds is 4. The van der Waals surface area contributed by atoms with Crippen molar-refractivity contribution in [3.05, 3.63) is 46.3 Å². The molecule has 2 N–H and O–H groups in total. The lowest BCUT2D eigenvalue weighted by molar-refractivity contribution is -0.131. The van der Waals surface area contributed by atoms with Crippen molar-refractivity contribution in [3.8, 4) is 11.3 Å². The number of carbonyl (C=O) groups is 2. The zero-order valence-electron chi connectivity index (χ0n) is 11.0. The number of hydrogen-bond acceptors (Lipinski definition) is 4. The topological polar surface area (TPSA) is 79.3 Å². The van der Waals surface area contributed by atoms with E-state index >= 15 is 0 Å². The highest BCUT2D eigenvalue weighted by Crippen LogP contribution is 2.26. The fraction of sp³-hybridized carbons (Fsp3) is 0.0714. The molecule has 0 bridgehead atoms. The molecule has 0 aliphatic heterocycles. The van der Waals surface area contributed by atoms with E-state index in [4.69, 9.17) is 16.7 Å². The number of hydrogen-bond donors (Lipinski definition) is 2. The monoisotopic (exact) mass is 322 g/mol. The molecule has 1 heterocycles. The smallest absolute Gasteiger partial charge is 0.328 e. The minimum absolute atomic E-state index is 0.103. The van der Waals surface area contributed by atoms with Gasteiger partial charge in [0.05, 0.1) is 5.69 Å². The Bertz CT molecular complexity index is 707. The van der Waals surface area contributed by atoms with E-state index in [-0.39, 0.29) is 5.57 Å². The van der Waals surface area contributed by atoms with Crippen LogP contribution in [-0.4, -0.2) is 22.0 Å². The number of benzene rings is 1. The Kier molecular flexibility index (Phi) is 4.72. The van der Waals surface area contributed by atoms with Crippen LogP contribution < -0.4 is 5.32 Å². The average Bonchev–Trinajstić information content (AvgIpc) is 2.87.